The highest BCUT2D eigenvalue weighted by atomic mass is 32.2. The minimum atomic E-state index is -0.0893. The average molecular weight is 336 g/mol. The molecular weight excluding hydrogens is 316 g/mol. The normalized spacial score (nSPS) is 10.5. The summed E-state index contributed by atoms with van der Waals surface area (Å²) in [5.74, 6) is 1.50. The van der Waals surface area contributed by atoms with Gasteiger partial charge in [-0.05, 0) is 30.2 Å². The number of thioether (sulfide) groups is 1. The van der Waals surface area contributed by atoms with Gasteiger partial charge in [0, 0.05) is 24.1 Å². The number of nitriles is 1. The van der Waals surface area contributed by atoms with Crippen LogP contribution < -0.4 is 5.32 Å². The Balaban J connectivity index is 1.68. The van der Waals surface area contributed by atoms with Crippen LogP contribution in [0.1, 0.15) is 22.3 Å². The van der Waals surface area contributed by atoms with Crippen LogP contribution in [-0.4, -0.2) is 18.2 Å². The van der Waals surface area contributed by atoms with Gasteiger partial charge >= 0.3 is 0 Å². The zero-order chi connectivity index (χ0) is 17.2. The Kier molecular flexibility index (Phi) is 7.13. The number of nitrogens with zero attached hydrogens (tertiary/aromatic N) is 1. The quantitative estimate of drug-likeness (QED) is 0.616. The van der Waals surface area contributed by atoms with Crippen molar-refractivity contribution in [2.75, 3.05) is 12.3 Å². The number of rotatable bonds is 7. The fourth-order valence-corrected chi connectivity index (χ4v) is 2.95. The molecule has 0 fully saturated rings. The molecule has 3 nitrogen and oxygen atoms in total. The summed E-state index contributed by atoms with van der Waals surface area (Å²) in [4.78, 5) is 11.8. The molecule has 0 aliphatic carbocycles. The Morgan fingerprint density at radius 2 is 1.96 bits per heavy atom. The van der Waals surface area contributed by atoms with Crippen LogP contribution in [0, 0.1) is 18.3 Å². The number of hydrogen-bond donors (Lipinski definition) is 1. The Morgan fingerprint density at radius 1 is 1.21 bits per heavy atom. The molecule has 0 aromatic heterocycles. The first-order valence-electron chi connectivity index (χ1n) is 7.77. The summed E-state index contributed by atoms with van der Waals surface area (Å²) in [5.41, 5.74) is 3.97. The van der Waals surface area contributed by atoms with Gasteiger partial charge in [0.05, 0.1) is 11.6 Å². The number of aryl methyl sites for hydroxylation is 1. The van der Waals surface area contributed by atoms with Crippen molar-refractivity contribution in [1.82, 2.24) is 5.32 Å². The van der Waals surface area contributed by atoms with E-state index in [2.05, 4.69) is 11.4 Å². The summed E-state index contributed by atoms with van der Waals surface area (Å²) >= 11 is 1.70. The molecule has 0 heterocycles. The molecule has 0 atom stereocenters. The Morgan fingerprint density at radius 3 is 2.71 bits per heavy atom. The zero-order valence-corrected chi connectivity index (χ0v) is 14.5. The van der Waals surface area contributed by atoms with E-state index in [4.69, 9.17) is 5.26 Å². The average Bonchev–Trinajstić information content (AvgIpc) is 2.61. The molecule has 2 aromatic rings. The van der Waals surface area contributed by atoms with Crippen LogP contribution in [0.15, 0.2) is 54.6 Å². The molecule has 0 saturated carbocycles. The summed E-state index contributed by atoms with van der Waals surface area (Å²) in [7, 11) is 0. The molecule has 4 heteroatoms. The van der Waals surface area contributed by atoms with Crippen LogP contribution in [0.25, 0.3) is 6.08 Å². The maximum absolute atomic E-state index is 11.8. The third-order valence-corrected chi connectivity index (χ3v) is 4.45. The van der Waals surface area contributed by atoms with Crippen LogP contribution in [-0.2, 0) is 10.5 Å². The van der Waals surface area contributed by atoms with Crippen LogP contribution in [0.2, 0.25) is 0 Å². The van der Waals surface area contributed by atoms with Crippen LogP contribution in [0.5, 0.6) is 0 Å². The van der Waals surface area contributed by atoms with Gasteiger partial charge in [-0.1, -0.05) is 48.0 Å². The Hall–Kier alpha value is -2.51. The van der Waals surface area contributed by atoms with Crippen molar-refractivity contribution < 1.29 is 4.79 Å². The maximum Gasteiger partial charge on any atom is 0.244 e. The van der Waals surface area contributed by atoms with Gasteiger partial charge in [-0.3, -0.25) is 4.79 Å². The highest BCUT2D eigenvalue weighted by Gasteiger charge is 2.01. The van der Waals surface area contributed by atoms with E-state index in [0.717, 1.165) is 28.2 Å². The zero-order valence-electron chi connectivity index (χ0n) is 13.7. The van der Waals surface area contributed by atoms with Crippen molar-refractivity contribution in [3.8, 4) is 6.07 Å². The Labute approximate surface area is 147 Å². The number of nitrogens with one attached hydrogen (secondary N) is 1. The van der Waals surface area contributed by atoms with Crippen molar-refractivity contribution >= 4 is 23.7 Å². The molecule has 1 N–H and O–H groups in total. The minimum absolute atomic E-state index is 0.0893. The summed E-state index contributed by atoms with van der Waals surface area (Å²) < 4.78 is 0. The summed E-state index contributed by atoms with van der Waals surface area (Å²) in [6.45, 7) is 2.64. The van der Waals surface area contributed by atoms with Gasteiger partial charge in [-0.15, -0.1) is 0 Å². The summed E-state index contributed by atoms with van der Waals surface area (Å²) in [6, 6.07) is 17.8. The number of amides is 1. The first-order chi connectivity index (χ1) is 11.7. The van der Waals surface area contributed by atoms with E-state index in [1.54, 1.807) is 17.8 Å². The van der Waals surface area contributed by atoms with E-state index in [1.165, 1.54) is 5.56 Å². The van der Waals surface area contributed by atoms with Gasteiger partial charge in [0.25, 0.3) is 0 Å². The van der Waals surface area contributed by atoms with Crippen molar-refractivity contribution in [1.29, 1.82) is 5.26 Å². The topological polar surface area (TPSA) is 52.9 Å². The third-order valence-electron chi connectivity index (χ3n) is 3.45. The molecule has 2 rings (SSSR count). The monoisotopic (exact) mass is 336 g/mol. The van der Waals surface area contributed by atoms with Crippen molar-refractivity contribution in [3.63, 3.8) is 0 Å². The largest absolute Gasteiger partial charge is 0.352 e. The number of carbonyl (C=O) groups is 1. The fraction of sp³-hybridized carbons (Fsp3) is 0.200. The standard InChI is InChI=1S/C20H20N2OS/c1-16-6-8-17(9-7-16)10-11-20(23)22-12-13-24-15-19-5-3-2-4-18(19)14-21/h2-11H,12-13,15H2,1H3,(H,22,23)/b11-10+. The van der Waals surface area contributed by atoms with E-state index in [-0.39, 0.29) is 5.91 Å². The molecule has 122 valence electrons. The maximum atomic E-state index is 11.8. The smallest absolute Gasteiger partial charge is 0.244 e. The second-order valence-electron chi connectivity index (χ2n) is 5.36. The summed E-state index contributed by atoms with van der Waals surface area (Å²) in [5, 5.41) is 11.9. The van der Waals surface area contributed by atoms with Crippen molar-refractivity contribution in [2.24, 2.45) is 0 Å². The lowest BCUT2D eigenvalue weighted by molar-refractivity contribution is -0.116. The molecular formula is C20H20N2OS. The predicted molar refractivity (Wildman–Crippen MR) is 101 cm³/mol. The molecule has 0 spiro atoms. The van der Waals surface area contributed by atoms with E-state index >= 15 is 0 Å². The third kappa shape index (κ3) is 5.94. The van der Waals surface area contributed by atoms with Gasteiger partial charge < -0.3 is 5.32 Å². The van der Waals surface area contributed by atoms with Gasteiger partial charge in [-0.2, -0.15) is 17.0 Å². The molecule has 1 amide bonds. The highest BCUT2D eigenvalue weighted by molar-refractivity contribution is 7.98. The number of carbonyl (C=O) groups excluding carboxylic acids is 1. The van der Waals surface area contributed by atoms with E-state index in [9.17, 15) is 4.79 Å². The predicted octanol–water partition coefficient (Wildman–Crippen LogP) is 3.93. The van der Waals surface area contributed by atoms with Crippen molar-refractivity contribution in [3.05, 3.63) is 76.9 Å². The second kappa shape index (κ2) is 9.59. The van der Waals surface area contributed by atoms with Crippen LogP contribution in [0.3, 0.4) is 0 Å². The van der Waals surface area contributed by atoms with Gasteiger partial charge in [0.1, 0.15) is 0 Å². The van der Waals surface area contributed by atoms with E-state index in [0.29, 0.717) is 6.54 Å². The lowest BCUT2D eigenvalue weighted by Crippen LogP contribution is -2.23. The molecule has 0 radical (unpaired) electrons. The molecule has 0 aliphatic heterocycles. The van der Waals surface area contributed by atoms with Crippen LogP contribution in [0.4, 0.5) is 0 Å². The number of hydrogen-bond acceptors (Lipinski definition) is 3. The molecule has 0 unspecified atom stereocenters. The van der Waals surface area contributed by atoms with E-state index < -0.39 is 0 Å². The van der Waals surface area contributed by atoms with Gasteiger partial charge in [0.15, 0.2) is 0 Å². The number of benzene rings is 2. The van der Waals surface area contributed by atoms with Gasteiger partial charge in [0.2, 0.25) is 5.91 Å². The van der Waals surface area contributed by atoms with Crippen LogP contribution >= 0.6 is 11.8 Å². The fourth-order valence-electron chi connectivity index (χ4n) is 2.09. The summed E-state index contributed by atoms with van der Waals surface area (Å²) in [6.07, 6.45) is 3.37. The highest BCUT2D eigenvalue weighted by Crippen LogP contribution is 2.15. The lowest BCUT2D eigenvalue weighted by Gasteiger charge is -2.04. The Bertz CT molecular complexity index is 745. The second-order valence-corrected chi connectivity index (χ2v) is 6.46. The molecule has 2 aromatic carbocycles. The first-order valence-corrected chi connectivity index (χ1v) is 8.93. The molecule has 0 bridgehead atoms. The van der Waals surface area contributed by atoms with Crippen molar-refractivity contribution in [2.45, 2.75) is 12.7 Å². The minimum Gasteiger partial charge on any atom is -0.352 e. The van der Waals surface area contributed by atoms with E-state index in [1.807, 2.05) is 61.5 Å². The van der Waals surface area contributed by atoms with Gasteiger partial charge in [-0.25, -0.2) is 0 Å². The molecule has 24 heavy (non-hydrogen) atoms. The lowest BCUT2D eigenvalue weighted by atomic mass is 10.1. The molecule has 0 saturated heterocycles. The first kappa shape index (κ1) is 17.8. The SMILES string of the molecule is Cc1ccc(/C=C/C(=O)NCCSCc2ccccc2C#N)cc1. The molecule has 0 aliphatic rings.